The molecule has 1 aromatic heterocycles. The predicted octanol–water partition coefficient (Wildman–Crippen LogP) is 3.44. The van der Waals surface area contributed by atoms with Crippen molar-refractivity contribution in [3.63, 3.8) is 0 Å². The Hall–Kier alpha value is -2.30. The van der Waals surface area contributed by atoms with E-state index in [0.29, 0.717) is 12.5 Å². The fourth-order valence-corrected chi connectivity index (χ4v) is 2.35. The fraction of sp³-hybridized carbons (Fsp3) is 0.474. The Morgan fingerprint density at radius 2 is 1.83 bits per heavy atom. The number of nitrogens with zero attached hydrogens (tertiary/aromatic N) is 2. The van der Waals surface area contributed by atoms with Crippen molar-refractivity contribution in [3.05, 3.63) is 47.8 Å². The van der Waals surface area contributed by atoms with Gasteiger partial charge in [0.05, 0.1) is 24.8 Å². The van der Waals surface area contributed by atoms with Gasteiger partial charge < -0.3 is 10.1 Å². The first-order valence-electron chi connectivity index (χ1n) is 8.38. The molecular formula is C19H27N3O2. The highest BCUT2D eigenvalue weighted by molar-refractivity contribution is 5.83. The lowest BCUT2D eigenvalue weighted by atomic mass is 10.0. The molecule has 0 unspecified atom stereocenters. The minimum atomic E-state index is -0.227. The van der Waals surface area contributed by atoms with E-state index < -0.39 is 0 Å². The molecule has 0 saturated carbocycles. The molecule has 0 aliphatic heterocycles. The van der Waals surface area contributed by atoms with Crippen LogP contribution in [0, 0.1) is 5.92 Å². The van der Waals surface area contributed by atoms with Gasteiger partial charge >= 0.3 is 0 Å². The van der Waals surface area contributed by atoms with Crippen LogP contribution >= 0.6 is 0 Å². The lowest BCUT2D eigenvalue weighted by Gasteiger charge is -2.18. The van der Waals surface area contributed by atoms with Crippen molar-refractivity contribution in [1.82, 2.24) is 15.1 Å². The molecule has 24 heavy (non-hydrogen) atoms. The van der Waals surface area contributed by atoms with Gasteiger partial charge in [-0.05, 0) is 37.5 Å². The number of carbonyl (C=O) groups excluding carboxylic acids is 1. The number of hydrogen-bond acceptors (Lipinski definition) is 3. The molecule has 0 aliphatic rings. The van der Waals surface area contributed by atoms with E-state index in [1.54, 1.807) is 10.9 Å². The van der Waals surface area contributed by atoms with Crippen LogP contribution < -0.4 is 10.1 Å². The van der Waals surface area contributed by atoms with E-state index in [1.165, 1.54) is 0 Å². The van der Waals surface area contributed by atoms with Crippen molar-refractivity contribution in [2.45, 2.75) is 39.7 Å². The van der Waals surface area contributed by atoms with Crippen molar-refractivity contribution in [2.24, 2.45) is 13.0 Å². The first-order valence-corrected chi connectivity index (χ1v) is 8.38. The molecule has 130 valence electrons. The number of aryl methyl sites for hydroxylation is 1. The van der Waals surface area contributed by atoms with Crippen LogP contribution in [0.1, 0.15) is 50.8 Å². The van der Waals surface area contributed by atoms with Crippen molar-refractivity contribution in [1.29, 1.82) is 0 Å². The van der Waals surface area contributed by atoms with Gasteiger partial charge in [-0.15, -0.1) is 0 Å². The summed E-state index contributed by atoms with van der Waals surface area (Å²) in [6.07, 6.45) is 3.60. The highest BCUT2D eigenvalue weighted by Crippen LogP contribution is 2.20. The number of rotatable bonds is 7. The van der Waals surface area contributed by atoms with E-state index in [0.717, 1.165) is 16.9 Å². The predicted molar refractivity (Wildman–Crippen MR) is 95.0 cm³/mol. The van der Waals surface area contributed by atoms with Gasteiger partial charge in [-0.1, -0.05) is 26.0 Å². The lowest BCUT2D eigenvalue weighted by Crippen LogP contribution is -2.30. The zero-order valence-corrected chi connectivity index (χ0v) is 15.1. The average Bonchev–Trinajstić information content (AvgIpc) is 2.99. The van der Waals surface area contributed by atoms with Crippen LogP contribution in [-0.4, -0.2) is 22.3 Å². The molecule has 0 bridgehead atoms. The summed E-state index contributed by atoms with van der Waals surface area (Å²) in [6, 6.07) is 7.83. The Labute approximate surface area is 144 Å². The Bertz CT molecular complexity index is 662. The first kappa shape index (κ1) is 18.0. The van der Waals surface area contributed by atoms with Gasteiger partial charge in [-0.2, -0.15) is 5.10 Å². The van der Waals surface area contributed by atoms with Crippen LogP contribution in [0.3, 0.4) is 0 Å². The monoisotopic (exact) mass is 329 g/mol. The fourth-order valence-electron chi connectivity index (χ4n) is 2.35. The summed E-state index contributed by atoms with van der Waals surface area (Å²) in [5.41, 5.74) is 1.97. The Kier molecular flexibility index (Phi) is 6.01. The van der Waals surface area contributed by atoms with Crippen molar-refractivity contribution in [3.8, 4) is 5.75 Å². The van der Waals surface area contributed by atoms with E-state index in [2.05, 4.69) is 24.3 Å². The number of benzene rings is 1. The van der Waals surface area contributed by atoms with E-state index in [-0.39, 0.29) is 17.9 Å². The molecule has 0 spiro atoms. The summed E-state index contributed by atoms with van der Waals surface area (Å²) in [6.45, 7) is 8.82. The van der Waals surface area contributed by atoms with E-state index in [4.69, 9.17) is 4.74 Å². The van der Waals surface area contributed by atoms with Gasteiger partial charge in [0, 0.05) is 18.8 Å². The van der Waals surface area contributed by atoms with Crippen LogP contribution in [0.2, 0.25) is 0 Å². The molecule has 0 aliphatic carbocycles. The van der Waals surface area contributed by atoms with Gasteiger partial charge in [0.2, 0.25) is 5.91 Å². The van der Waals surface area contributed by atoms with Gasteiger partial charge in [0.25, 0.3) is 0 Å². The number of hydrogen-bond donors (Lipinski definition) is 1. The average molecular weight is 329 g/mol. The number of nitrogens with one attached hydrogen (secondary N) is 1. The molecule has 1 N–H and O–H groups in total. The highest BCUT2D eigenvalue weighted by atomic mass is 16.5. The normalized spacial score (nSPS) is 13.6. The van der Waals surface area contributed by atoms with Gasteiger partial charge in [-0.25, -0.2) is 0 Å². The summed E-state index contributed by atoms with van der Waals surface area (Å²) < 4.78 is 7.39. The maximum Gasteiger partial charge on any atom is 0.227 e. The molecule has 0 fully saturated rings. The van der Waals surface area contributed by atoms with Crippen LogP contribution in [0.5, 0.6) is 5.75 Å². The highest BCUT2D eigenvalue weighted by Gasteiger charge is 2.19. The second-order valence-electron chi connectivity index (χ2n) is 6.67. The van der Waals surface area contributed by atoms with Crippen LogP contribution in [-0.2, 0) is 11.8 Å². The maximum atomic E-state index is 12.4. The molecule has 0 saturated heterocycles. The minimum absolute atomic E-state index is 0.00404. The molecule has 5 nitrogen and oxygen atoms in total. The standard InChI is InChI=1S/C19H27N3O2/c1-13(2)12-24-18-8-6-16(7-9-18)15(4)21-19(23)14(3)17-10-20-22(5)11-17/h6-11,13-15H,12H2,1-5H3,(H,21,23)/t14-,15-/m1/s1. The largest absolute Gasteiger partial charge is 0.493 e. The van der Waals surface area contributed by atoms with Crippen LogP contribution in [0.15, 0.2) is 36.7 Å². The molecule has 2 rings (SSSR count). The molecular weight excluding hydrogens is 302 g/mol. The van der Waals surface area contributed by atoms with E-state index in [9.17, 15) is 4.79 Å². The number of carbonyl (C=O) groups is 1. The Morgan fingerprint density at radius 3 is 2.38 bits per heavy atom. The summed E-state index contributed by atoms with van der Waals surface area (Å²) in [5.74, 6) is 1.12. The molecule has 2 atom stereocenters. The van der Waals surface area contributed by atoms with E-state index in [1.807, 2.05) is 51.4 Å². The lowest BCUT2D eigenvalue weighted by molar-refractivity contribution is -0.122. The quantitative estimate of drug-likeness (QED) is 0.846. The third-order valence-electron chi connectivity index (χ3n) is 3.94. The zero-order valence-electron chi connectivity index (χ0n) is 15.1. The number of aromatic nitrogens is 2. The third kappa shape index (κ3) is 4.85. The minimum Gasteiger partial charge on any atom is -0.493 e. The zero-order chi connectivity index (χ0) is 17.7. The molecule has 2 aromatic rings. The molecule has 0 radical (unpaired) electrons. The van der Waals surface area contributed by atoms with Crippen LogP contribution in [0.25, 0.3) is 0 Å². The summed E-state index contributed by atoms with van der Waals surface area (Å²) in [5, 5.41) is 7.18. The smallest absolute Gasteiger partial charge is 0.227 e. The number of amides is 1. The third-order valence-corrected chi connectivity index (χ3v) is 3.94. The van der Waals surface area contributed by atoms with Gasteiger partial charge in [0.15, 0.2) is 0 Å². The summed E-state index contributed by atoms with van der Waals surface area (Å²) >= 11 is 0. The second-order valence-corrected chi connectivity index (χ2v) is 6.67. The SMILES string of the molecule is CC(C)COc1ccc([C@@H](C)NC(=O)[C@H](C)c2cnn(C)c2)cc1. The Morgan fingerprint density at radius 1 is 1.17 bits per heavy atom. The summed E-state index contributed by atoms with van der Waals surface area (Å²) in [4.78, 5) is 12.4. The van der Waals surface area contributed by atoms with Crippen molar-refractivity contribution >= 4 is 5.91 Å². The second kappa shape index (κ2) is 7.99. The van der Waals surface area contributed by atoms with Crippen molar-refractivity contribution < 1.29 is 9.53 Å². The molecule has 5 heteroatoms. The molecule has 1 amide bonds. The van der Waals surface area contributed by atoms with E-state index >= 15 is 0 Å². The van der Waals surface area contributed by atoms with Gasteiger partial charge in [0.1, 0.15) is 5.75 Å². The topological polar surface area (TPSA) is 56.1 Å². The van der Waals surface area contributed by atoms with Gasteiger partial charge in [-0.3, -0.25) is 9.48 Å². The van der Waals surface area contributed by atoms with Crippen LogP contribution in [0.4, 0.5) is 0 Å². The molecule has 1 heterocycles. The first-order chi connectivity index (χ1) is 11.4. The maximum absolute atomic E-state index is 12.4. The molecule has 1 aromatic carbocycles. The Balaban J connectivity index is 1.93. The van der Waals surface area contributed by atoms with Crippen molar-refractivity contribution in [2.75, 3.05) is 6.61 Å². The summed E-state index contributed by atoms with van der Waals surface area (Å²) in [7, 11) is 1.85. The number of ether oxygens (including phenoxy) is 1.